The van der Waals surface area contributed by atoms with Crippen LogP contribution in [0.2, 0.25) is 0 Å². The third-order valence-corrected chi connectivity index (χ3v) is 6.36. The van der Waals surface area contributed by atoms with Crippen molar-refractivity contribution in [2.24, 2.45) is 0 Å². The molecule has 0 saturated heterocycles. The molecule has 2 heterocycles. The number of carbonyl (C=O) groups is 1. The Morgan fingerprint density at radius 3 is 2.52 bits per heavy atom. The van der Waals surface area contributed by atoms with Crippen LogP contribution in [0.5, 0.6) is 5.75 Å². The summed E-state index contributed by atoms with van der Waals surface area (Å²) in [5.74, 6) is -3.58. The van der Waals surface area contributed by atoms with E-state index >= 15 is 0 Å². The van der Waals surface area contributed by atoms with Crippen LogP contribution < -0.4 is 9.74 Å². The Morgan fingerprint density at radius 2 is 1.97 bits per heavy atom. The lowest BCUT2D eigenvalue weighted by molar-refractivity contribution is -0.0500. The van der Waals surface area contributed by atoms with Crippen molar-refractivity contribution in [2.45, 2.75) is 31.3 Å². The van der Waals surface area contributed by atoms with Gasteiger partial charge in [-0.05, 0) is 47.3 Å². The molecule has 1 atom stereocenters. The Kier molecular flexibility index (Phi) is 5.18. The first-order valence-corrected chi connectivity index (χ1v) is 10.2. The molecule has 1 aromatic carbocycles. The van der Waals surface area contributed by atoms with Crippen molar-refractivity contribution in [3.8, 4) is 5.75 Å². The number of alkyl halides is 3. The van der Waals surface area contributed by atoms with Gasteiger partial charge < -0.3 is 13.5 Å². The van der Waals surface area contributed by atoms with E-state index in [1.54, 1.807) is 6.92 Å². The predicted molar refractivity (Wildman–Crippen MR) is 95.8 cm³/mol. The van der Waals surface area contributed by atoms with E-state index in [9.17, 15) is 35.6 Å². The molecular weight excluding hydrogens is 490 g/mol. The van der Waals surface area contributed by atoms with Gasteiger partial charge in [0.2, 0.25) is 0 Å². The van der Waals surface area contributed by atoms with E-state index < -0.39 is 55.7 Å². The Bertz CT molecular complexity index is 1210. The van der Waals surface area contributed by atoms with Crippen molar-refractivity contribution in [2.75, 3.05) is 7.11 Å². The fourth-order valence-corrected chi connectivity index (χ4v) is 4.22. The number of halogens is 5. The maximum atomic E-state index is 14.4. The van der Waals surface area contributed by atoms with E-state index in [4.69, 9.17) is 0 Å². The van der Waals surface area contributed by atoms with Gasteiger partial charge in [0.15, 0.2) is 11.3 Å². The second-order valence-corrected chi connectivity index (χ2v) is 8.62. The highest BCUT2D eigenvalue weighted by Crippen LogP contribution is 2.41. The summed E-state index contributed by atoms with van der Waals surface area (Å²) in [5.41, 5.74) is -7.82. The van der Waals surface area contributed by atoms with Crippen LogP contribution in [0, 0.1) is 5.82 Å². The smallest absolute Gasteiger partial charge is 0.465 e. The molecule has 0 saturated carbocycles. The highest BCUT2D eigenvalue weighted by Gasteiger charge is 2.49. The van der Waals surface area contributed by atoms with E-state index in [-0.39, 0.29) is 22.0 Å². The highest BCUT2D eigenvalue weighted by atomic mass is 79.9. The molecule has 13 heteroatoms. The van der Waals surface area contributed by atoms with E-state index in [1.807, 2.05) is 0 Å². The monoisotopic (exact) mass is 501 g/mol. The fraction of sp³-hybridized carbons (Fsp3) is 0.375. The molecule has 0 fully saturated rings. The third kappa shape index (κ3) is 3.29. The predicted octanol–water partition coefficient (Wildman–Crippen LogP) is 3.43. The molecule has 0 amide bonds. The first kappa shape index (κ1) is 21.6. The molecule has 1 aromatic heterocycles. The summed E-state index contributed by atoms with van der Waals surface area (Å²) < 4.78 is 85.9. The zero-order chi connectivity index (χ0) is 21.9. The van der Waals surface area contributed by atoms with Crippen molar-refractivity contribution in [1.82, 2.24) is 4.57 Å². The molecule has 0 N–H and O–H groups in total. The summed E-state index contributed by atoms with van der Waals surface area (Å²) in [6.45, 7) is 1.62. The van der Waals surface area contributed by atoms with E-state index in [0.29, 0.717) is 12.5 Å². The van der Waals surface area contributed by atoms with E-state index in [0.717, 1.165) is 11.7 Å². The average molecular weight is 502 g/mol. The minimum absolute atomic E-state index is 0.0259. The Balaban J connectivity index is 2.55. The molecule has 1 aliphatic heterocycles. The van der Waals surface area contributed by atoms with Gasteiger partial charge in [0.25, 0.3) is 5.56 Å². The molecule has 0 radical (unpaired) electrons. The van der Waals surface area contributed by atoms with Gasteiger partial charge in [-0.2, -0.15) is 21.6 Å². The zero-order valence-corrected chi connectivity index (χ0v) is 17.2. The van der Waals surface area contributed by atoms with Crippen LogP contribution in [-0.2, 0) is 21.3 Å². The molecule has 29 heavy (non-hydrogen) atoms. The lowest BCUT2D eigenvalue weighted by atomic mass is 9.95. The Labute approximate surface area is 169 Å². The molecule has 1 aliphatic rings. The number of nitrogens with zero attached hydrogens (tertiary/aromatic N) is 1. The quantitative estimate of drug-likeness (QED) is 0.277. The number of hydrogen-bond acceptors (Lipinski definition) is 6. The van der Waals surface area contributed by atoms with Crippen molar-refractivity contribution in [3.63, 3.8) is 0 Å². The van der Waals surface area contributed by atoms with Crippen LogP contribution in [0.15, 0.2) is 15.3 Å². The first-order chi connectivity index (χ1) is 13.3. The van der Waals surface area contributed by atoms with Crippen molar-refractivity contribution >= 4 is 42.9 Å². The largest absolute Gasteiger partial charge is 0.534 e. The molecule has 7 nitrogen and oxygen atoms in total. The van der Waals surface area contributed by atoms with Gasteiger partial charge in [-0.25, -0.2) is 9.18 Å². The number of esters is 1. The molecular formula is C16H12BrF4NO6S. The second kappa shape index (κ2) is 6.97. The molecule has 3 rings (SSSR count). The molecule has 2 aromatic rings. The number of aryl methyl sites for hydroxylation is 1. The number of methoxy groups -OCH3 is 1. The number of carbonyl (C=O) groups excluding carboxylic acids is 1. The van der Waals surface area contributed by atoms with Crippen LogP contribution >= 0.6 is 15.9 Å². The van der Waals surface area contributed by atoms with Gasteiger partial charge >= 0.3 is 21.6 Å². The normalized spacial score (nSPS) is 16.7. The van der Waals surface area contributed by atoms with Gasteiger partial charge in [0.1, 0.15) is 5.82 Å². The van der Waals surface area contributed by atoms with E-state index in [1.165, 1.54) is 0 Å². The summed E-state index contributed by atoms with van der Waals surface area (Å²) in [4.78, 5) is 25.1. The number of ether oxygens (including phenoxy) is 1. The van der Waals surface area contributed by atoms with Crippen LogP contribution in [0.3, 0.4) is 0 Å². The molecule has 0 aliphatic carbocycles. The minimum atomic E-state index is -6.26. The molecule has 0 bridgehead atoms. The van der Waals surface area contributed by atoms with Gasteiger partial charge in [-0.1, -0.05) is 0 Å². The van der Waals surface area contributed by atoms with Gasteiger partial charge in [0, 0.05) is 11.4 Å². The summed E-state index contributed by atoms with van der Waals surface area (Å²) in [6.07, 6.45) is 0.615. The lowest BCUT2D eigenvalue weighted by Gasteiger charge is -2.28. The number of rotatable bonds is 3. The van der Waals surface area contributed by atoms with E-state index in [2.05, 4.69) is 24.8 Å². The topological polar surface area (TPSA) is 91.7 Å². The van der Waals surface area contributed by atoms with Crippen molar-refractivity contribution < 1.29 is 39.7 Å². The maximum absolute atomic E-state index is 14.4. The van der Waals surface area contributed by atoms with Crippen molar-refractivity contribution in [3.05, 3.63) is 37.8 Å². The maximum Gasteiger partial charge on any atom is 0.534 e. The summed E-state index contributed by atoms with van der Waals surface area (Å²) >= 11 is 3.03. The number of pyridine rings is 1. The molecule has 0 spiro atoms. The van der Waals surface area contributed by atoms with Crippen LogP contribution in [0.25, 0.3) is 10.9 Å². The summed E-state index contributed by atoms with van der Waals surface area (Å²) in [7, 11) is -5.42. The summed E-state index contributed by atoms with van der Waals surface area (Å²) in [5, 5.41) is -0.472. The van der Waals surface area contributed by atoms with Crippen molar-refractivity contribution in [1.29, 1.82) is 0 Å². The standard InChI is InChI=1S/C16H12BrF4NO6S/c1-6-3-4-7-11(17)9(18)5-8-12(7)22(6)14(23)10(15(24)27-2)13(8)28-29(25,26)16(19,20)21/h5-6H,3-4H2,1-2H3. The van der Waals surface area contributed by atoms with Gasteiger partial charge in [-0.3, -0.25) is 4.79 Å². The highest BCUT2D eigenvalue weighted by molar-refractivity contribution is 9.10. The summed E-state index contributed by atoms with van der Waals surface area (Å²) in [6, 6.07) is 0.191. The van der Waals surface area contributed by atoms with Gasteiger partial charge in [0.05, 0.1) is 17.1 Å². The number of aromatic nitrogens is 1. The van der Waals surface area contributed by atoms with Gasteiger partial charge in [-0.15, -0.1) is 0 Å². The third-order valence-electron chi connectivity index (χ3n) is 4.55. The minimum Gasteiger partial charge on any atom is -0.465 e. The Morgan fingerprint density at radius 1 is 1.34 bits per heavy atom. The molecule has 158 valence electrons. The SMILES string of the molecule is COC(=O)c1c(OS(=O)(=O)C(F)(F)F)c2cc(F)c(Br)c3c2n(c1=O)C(C)CC3. The Hall–Kier alpha value is -2.15. The number of benzene rings is 1. The van der Waals surface area contributed by atoms with Crippen LogP contribution in [0.4, 0.5) is 17.6 Å². The lowest BCUT2D eigenvalue weighted by Crippen LogP contribution is -2.35. The van der Waals surface area contributed by atoms with Crippen LogP contribution in [-0.4, -0.2) is 31.6 Å². The second-order valence-electron chi connectivity index (χ2n) is 6.29. The fourth-order valence-electron chi connectivity index (χ4n) is 3.23. The number of hydrogen-bond donors (Lipinski definition) is 0. The first-order valence-electron chi connectivity index (χ1n) is 8.00. The van der Waals surface area contributed by atoms with Crippen LogP contribution in [0.1, 0.15) is 35.3 Å². The average Bonchev–Trinajstić information content (AvgIpc) is 2.61. The zero-order valence-electron chi connectivity index (χ0n) is 14.8. The molecule has 1 unspecified atom stereocenters.